The number of nitrogens with zero attached hydrogens (tertiary/aromatic N) is 3. The summed E-state index contributed by atoms with van der Waals surface area (Å²) in [7, 11) is -3.42. The summed E-state index contributed by atoms with van der Waals surface area (Å²) in [6.45, 7) is 6.62. The maximum atomic E-state index is 12.7. The highest BCUT2D eigenvalue weighted by molar-refractivity contribution is 7.86. The molecule has 0 spiro atoms. The molecule has 0 radical (unpaired) electrons. The highest BCUT2D eigenvalue weighted by Gasteiger charge is 2.32. The van der Waals surface area contributed by atoms with Crippen LogP contribution in [-0.2, 0) is 16.8 Å². The first-order chi connectivity index (χ1) is 9.51. The van der Waals surface area contributed by atoms with Crippen LogP contribution in [0.5, 0.6) is 0 Å². The third-order valence-electron chi connectivity index (χ3n) is 3.34. The average Bonchev–Trinajstić information content (AvgIpc) is 2.46. The molecule has 112 valence electrons. The predicted molar refractivity (Wildman–Crippen MR) is 78.3 cm³/mol. The molecule has 0 aromatic carbocycles. The minimum absolute atomic E-state index is 0.0879. The van der Waals surface area contributed by atoms with Gasteiger partial charge in [-0.15, -0.1) is 0 Å². The molecule has 0 bridgehead atoms. The van der Waals surface area contributed by atoms with Crippen LogP contribution < -0.4 is 5.32 Å². The molecule has 1 aromatic rings. The van der Waals surface area contributed by atoms with E-state index in [9.17, 15) is 8.42 Å². The summed E-state index contributed by atoms with van der Waals surface area (Å²) >= 11 is 0. The van der Waals surface area contributed by atoms with E-state index in [1.165, 1.54) is 4.31 Å². The smallest absolute Gasteiger partial charge is 0.282 e. The van der Waals surface area contributed by atoms with E-state index >= 15 is 0 Å². The van der Waals surface area contributed by atoms with Gasteiger partial charge in [0.15, 0.2) is 0 Å². The topological polar surface area (TPSA) is 65.5 Å². The Morgan fingerprint density at radius 3 is 2.65 bits per heavy atom. The van der Waals surface area contributed by atoms with E-state index in [0.29, 0.717) is 32.7 Å². The zero-order valence-corrected chi connectivity index (χ0v) is 12.8. The standard InChI is InChI=1S/C13H22N4O2S/c1-12(2)17(11-13-4-3-5-15-10-13)20(18,19)16-8-6-14-7-9-16/h3-5,10,12,14H,6-9,11H2,1-2H3. The van der Waals surface area contributed by atoms with Crippen molar-refractivity contribution in [2.45, 2.75) is 26.4 Å². The molecule has 1 N–H and O–H groups in total. The van der Waals surface area contributed by atoms with E-state index < -0.39 is 10.2 Å². The predicted octanol–water partition coefficient (Wildman–Crippen LogP) is 0.442. The van der Waals surface area contributed by atoms with Crippen molar-refractivity contribution >= 4 is 10.2 Å². The Kier molecular flexibility index (Phi) is 5.09. The number of rotatable bonds is 5. The van der Waals surface area contributed by atoms with E-state index in [0.717, 1.165) is 5.56 Å². The first kappa shape index (κ1) is 15.4. The Bertz CT molecular complexity index is 512. The van der Waals surface area contributed by atoms with Crippen molar-refractivity contribution in [2.75, 3.05) is 26.2 Å². The second-order valence-corrected chi connectivity index (χ2v) is 7.04. The largest absolute Gasteiger partial charge is 0.314 e. The number of pyridine rings is 1. The van der Waals surface area contributed by atoms with Crippen molar-refractivity contribution in [3.8, 4) is 0 Å². The number of piperazine rings is 1. The number of hydrogen-bond donors (Lipinski definition) is 1. The fraction of sp³-hybridized carbons (Fsp3) is 0.615. The Hall–Kier alpha value is -1.02. The molecule has 1 saturated heterocycles. The van der Waals surface area contributed by atoms with Crippen LogP contribution in [0.1, 0.15) is 19.4 Å². The highest BCUT2D eigenvalue weighted by Crippen LogP contribution is 2.17. The number of hydrogen-bond acceptors (Lipinski definition) is 4. The molecule has 0 unspecified atom stereocenters. The Morgan fingerprint density at radius 2 is 2.10 bits per heavy atom. The van der Waals surface area contributed by atoms with Gasteiger partial charge < -0.3 is 5.32 Å². The summed E-state index contributed by atoms with van der Waals surface area (Å²) in [6.07, 6.45) is 3.40. The molecule has 1 aromatic heterocycles. The van der Waals surface area contributed by atoms with Crippen LogP contribution in [0.4, 0.5) is 0 Å². The van der Waals surface area contributed by atoms with Crippen LogP contribution in [0.2, 0.25) is 0 Å². The fourth-order valence-corrected chi connectivity index (χ4v) is 4.01. The summed E-state index contributed by atoms with van der Waals surface area (Å²) in [5.74, 6) is 0. The molecule has 0 amide bonds. The molecule has 2 rings (SSSR count). The molecule has 1 fully saturated rings. The summed E-state index contributed by atoms with van der Waals surface area (Å²) in [6, 6.07) is 3.64. The summed E-state index contributed by atoms with van der Waals surface area (Å²) in [5, 5.41) is 3.17. The fourth-order valence-electron chi connectivity index (χ4n) is 2.23. The van der Waals surface area contributed by atoms with Crippen LogP contribution in [0, 0.1) is 0 Å². The van der Waals surface area contributed by atoms with Gasteiger partial charge in [0.2, 0.25) is 0 Å². The Morgan fingerprint density at radius 1 is 1.40 bits per heavy atom. The SMILES string of the molecule is CC(C)N(Cc1cccnc1)S(=O)(=O)N1CCNCC1. The molecule has 20 heavy (non-hydrogen) atoms. The lowest BCUT2D eigenvalue weighted by atomic mass is 10.2. The summed E-state index contributed by atoms with van der Waals surface area (Å²) in [4.78, 5) is 4.05. The molecule has 7 heteroatoms. The summed E-state index contributed by atoms with van der Waals surface area (Å²) in [5.41, 5.74) is 0.903. The van der Waals surface area contributed by atoms with Crippen LogP contribution in [0.25, 0.3) is 0 Å². The maximum Gasteiger partial charge on any atom is 0.282 e. The molecule has 2 heterocycles. The van der Waals surface area contributed by atoms with Crippen LogP contribution in [0.15, 0.2) is 24.5 Å². The lowest BCUT2D eigenvalue weighted by Gasteiger charge is -2.34. The van der Waals surface area contributed by atoms with Crippen LogP contribution in [0.3, 0.4) is 0 Å². The molecular formula is C13H22N4O2S. The van der Waals surface area contributed by atoms with Gasteiger partial charge in [-0.3, -0.25) is 4.98 Å². The lowest BCUT2D eigenvalue weighted by molar-refractivity contribution is 0.283. The molecule has 1 aliphatic heterocycles. The van der Waals surface area contributed by atoms with Crippen LogP contribution >= 0.6 is 0 Å². The first-order valence-electron chi connectivity index (χ1n) is 6.88. The van der Waals surface area contributed by atoms with Gasteiger partial charge in [0, 0.05) is 51.2 Å². The molecular weight excluding hydrogens is 276 g/mol. The molecule has 6 nitrogen and oxygen atoms in total. The minimum atomic E-state index is -3.42. The third-order valence-corrected chi connectivity index (χ3v) is 5.50. The molecule has 0 atom stereocenters. The zero-order chi connectivity index (χ0) is 14.6. The van der Waals surface area contributed by atoms with Gasteiger partial charge in [-0.05, 0) is 25.5 Å². The second-order valence-electron chi connectivity index (χ2n) is 5.16. The zero-order valence-electron chi connectivity index (χ0n) is 12.0. The van der Waals surface area contributed by atoms with Crippen molar-refractivity contribution in [3.63, 3.8) is 0 Å². The second kappa shape index (κ2) is 6.62. The van der Waals surface area contributed by atoms with Gasteiger partial charge in [0.1, 0.15) is 0 Å². The quantitative estimate of drug-likeness (QED) is 0.857. The number of aromatic nitrogens is 1. The third kappa shape index (κ3) is 3.54. The molecule has 0 aliphatic carbocycles. The van der Waals surface area contributed by atoms with E-state index in [-0.39, 0.29) is 6.04 Å². The van der Waals surface area contributed by atoms with Crippen molar-refractivity contribution < 1.29 is 8.42 Å². The Balaban J connectivity index is 2.19. The Labute approximate surface area is 121 Å². The van der Waals surface area contributed by atoms with E-state index in [1.54, 1.807) is 16.7 Å². The van der Waals surface area contributed by atoms with Gasteiger partial charge in [0.05, 0.1) is 0 Å². The van der Waals surface area contributed by atoms with Crippen LogP contribution in [-0.4, -0.2) is 54.2 Å². The van der Waals surface area contributed by atoms with Crippen molar-refractivity contribution in [2.24, 2.45) is 0 Å². The van der Waals surface area contributed by atoms with Gasteiger partial charge in [0.25, 0.3) is 10.2 Å². The monoisotopic (exact) mass is 298 g/mol. The van der Waals surface area contributed by atoms with E-state index in [1.807, 2.05) is 26.0 Å². The van der Waals surface area contributed by atoms with E-state index in [4.69, 9.17) is 0 Å². The molecule has 0 saturated carbocycles. The van der Waals surface area contributed by atoms with Gasteiger partial charge in [-0.2, -0.15) is 17.0 Å². The van der Waals surface area contributed by atoms with Crippen molar-refractivity contribution in [3.05, 3.63) is 30.1 Å². The van der Waals surface area contributed by atoms with Gasteiger partial charge in [-0.25, -0.2) is 0 Å². The van der Waals surface area contributed by atoms with Gasteiger partial charge in [-0.1, -0.05) is 6.07 Å². The highest BCUT2D eigenvalue weighted by atomic mass is 32.2. The summed E-state index contributed by atoms with van der Waals surface area (Å²) < 4.78 is 28.6. The lowest BCUT2D eigenvalue weighted by Crippen LogP contribution is -2.53. The average molecular weight is 298 g/mol. The normalized spacial score (nSPS) is 17.8. The van der Waals surface area contributed by atoms with Gasteiger partial charge >= 0.3 is 0 Å². The van der Waals surface area contributed by atoms with Crippen molar-refractivity contribution in [1.82, 2.24) is 18.9 Å². The first-order valence-corrected chi connectivity index (χ1v) is 8.28. The van der Waals surface area contributed by atoms with Crippen molar-refractivity contribution in [1.29, 1.82) is 0 Å². The molecule has 1 aliphatic rings. The minimum Gasteiger partial charge on any atom is -0.314 e. The maximum absolute atomic E-state index is 12.7. The number of nitrogens with one attached hydrogen (secondary N) is 1. The van der Waals surface area contributed by atoms with E-state index in [2.05, 4.69) is 10.3 Å².